The van der Waals surface area contributed by atoms with Gasteiger partial charge in [-0.2, -0.15) is 0 Å². The molecule has 0 aliphatic carbocycles. The fourth-order valence-electron chi connectivity index (χ4n) is 2.00. The zero-order valence-electron chi connectivity index (χ0n) is 11.5. The van der Waals surface area contributed by atoms with E-state index >= 15 is 0 Å². The molecule has 2 aromatic carbocycles. The van der Waals surface area contributed by atoms with Gasteiger partial charge in [0, 0.05) is 18.2 Å². The van der Waals surface area contributed by atoms with Gasteiger partial charge in [-0.25, -0.2) is 0 Å². The number of carbonyl (C=O) groups is 1. The van der Waals surface area contributed by atoms with Gasteiger partial charge in [0.2, 0.25) is 0 Å². The van der Waals surface area contributed by atoms with Crippen molar-refractivity contribution in [3.8, 4) is 11.5 Å². The highest BCUT2D eigenvalue weighted by Crippen LogP contribution is 2.20. The molecule has 0 aromatic heterocycles. The van der Waals surface area contributed by atoms with Crippen LogP contribution in [-0.2, 0) is 13.0 Å². The summed E-state index contributed by atoms with van der Waals surface area (Å²) in [6, 6.07) is 11.6. The Bertz CT molecular complexity index is 604. The molecule has 0 spiro atoms. The number of nitrogens with one attached hydrogen (secondary N) is 1. The lowest BCUT2D eigenvalue weighted by atomic mass is 10.1. The summed E-state index contributed by atoms with van der Waals surface area (Å²) >= 11 is 0. The lowest BCUT2D eigenvalue weighted by Crippen LogP contribution is -2.22. The van der Waals surface area contributed by atoms with Crippen LogP contribution in [0.3, 0.4) is 0 Å². The van der Waals surface area contributed by atoms with Crippen molar-refractivity contribution < 1.29 is 15.0 Å². The molecule has 5 nitrogen and oxygen atoms in total. The summed E-state index contributed by atoms with van der Waals surface area (Å²) in [6.45, 7) is 0.981. The minimum absolute atomic E-state index is 0.147. The van der Waals surface area contributed by atoms with Crippen LogP contribution in [0.25, 0.3) is 0 Å². The van der Waals surface area contributed by atoms with Crippen LogP contribution in [0.4, 0.5) is 0 Å². The molecule has 0 saturated carbocycles. The highest BCUT2D eigenvalue weighted by molar-refractivity contribution is 5.94. The number of nitrogens with two attached hydrogens (primary N) is 1. The van der Waals surface area contributed by atoms with Crippen molar-refractivity contribution in [2.75, 3.05) is 6.54 Å². The molecule has 21 heavy (non-hydrogen) atoms. The Morgan fingerprint density at radius 1 is 1.00 bits per heavy atom. The summed E-state index contributed by atoms with van der Waals surface area (Å²) in [5.74, 6) is -0.648. The van der Waals surface area contributed by atoms with Crippen LogP contribution in [0, 0.1) is 0 Å². The van der Waals surface area contributed by atoms with Gasteiger partial charge < -0.3 is 21.3 Å². The molecule has 2 aromatic rings. The predicted molar refractivity (Wildman–Crippen MR) is 80.1 cm³/mol. The molecule has 0 radical (unpaired) electrons. The second-order valence-electron chi connectivity index (χ2n) is 4.78. The second-order valence-corrected chi connectivity index (χ2v) is 4.78. The average Bonchev–Trinajstić information content (AvgIpc) is 2.45. The van der Waals surface area contributed by atoms with Crippen molar-refractivity contribution in [3.63, 3.8) is 0 Å². The van der Waals surface area contributed by atoms with Gasteiger partial charge in [-0.1, -0.05) is 24.3 Å². The summed E-state index contributed by atoms with van der Waals surface area (Å²) in [4.78, 5) is 11.9. The maximum absolute atomic E-state index is 11.9. The third-order valence-electron chi connectivity index (χ3n) is 3.07. The Labute approximate surface area is 123 Å². The molecule has 0 aliphatic rings. The monoisotopic (exact) mass is 286 g/mol. The Morgan fingerprint density at radius 3 is 2.14 bits per heavy atom. The highest BCUT2D eigenvalue weighted by atomic mass is 16.3. The van der Waals surface area contributed by atoms with Crippen molar-refractivity contribution in [2.24, 2.45) is 5.73 Å². The first-order valence-corrected chi connectivity index (χ1v) is 6.67. The summed E-state index contributed by atoms with van der Waals surface area (Å²) in [5, 5.41) is 21.5. The Hall–Kier alpha value is -2.53. The third kappa shape index (κ3) is 4.22. The molecule has 1 amide bonds. The zero-order chi connectivity index (χ0) is 15.2. The maximum Gasteiger partial charge on any atom is 0.251 e. The number of rotatable bonds is 5. The minimum atomic E-state index is -0.354. The van der Waals surface area contributed by atoms with Gasteiger partial charge in [-0.05, 0) is 36.2 Å². The van der Waals surface area contributed by atoms with Gasteiger partial charge >= 0.3 is 0 Å². The van der Waals surface area contributed by atoms with Gasteiger partial charge in [0.15, 0.2) is 0 Å². The number of phenolic OH excluding ortho intramolecular Hbond substituents is 2. The fourth-order valence-corrected chi connectivity index (χ4v) is 2.00. The average molecular weight is 286 g/mol. The van der Waals surface area contributed by atoms with E-state index < -0.39 is 0 Å². The van der Waals surface area contributed by atoms with Crippen LogP contribution in [0.1, 0.15) is 21.5 Å². The van der Waals surface area contributed by atoms with Crippen molar-refractivity contribution in [3.05, 3.63) is 59.2 Å². The van der Waals surface area contributed by atoms with E-state index in [0.717, 1.165) is 17.5 Å². The summed E-state index contributed by atoms with van der Waals surface area (Å²) in [6.07, 6.45) is 0.829. The van der Waals surface area contributed by atoms with Gasteiger partial charge in [-0.15, -0.1) is 0 Å². The molecule has 0 heterocycles. The van der Waals surface area contributed by atoms with Crippen molar-refractivity contribution >= 4 is 5.91 Å². The normalized spacial score (nSPS) is 10.3. The molecule has 0 saturated heterocycles. The van der Waals surface area contributed by atoms with Crippen LogP contribution in [0.5, 0.6) is 11.5 Å². The second kappa shape index (κ2) is 6.76. The van der Waals surface area contributed by atoms with E-state index in [9.17, 15) is 15.0 Å². The predicted octanol–water partition coefficient (Wildman–Crippen LogP) is 1.53. The lowest BCUT2D eigenvalue weighted by Gasteiger charge is -2.07. The topological polar surface area (TPSA) is 95.6 Å². The molecule has 110 valence electrons. The molecule has 0 atom stereocenters. The molecule has 2 rings (SSSR count). The molecule has 0 unspecified atom stereocenters. The Balaban J connectivity index is 1.97. The quantitative estimate of drug-likeness (QED) is 0.670. The largest absolute Gasteiger partial charge is 0.508 e. The van der Waals surface area contributed by atoms with Gasteiger partial charge in [0.05, 0.1) is 0 Å². The van der Waals surface area contributed by atoms with Crippen molar-refractivity contribution in [1.29, 1.82) is 0 Å². The number of amides is 1. The number of benzene rings is 2. The number of carbonyl (C=O) groups excluding carboxylic acids is 1. The summed E-state index contributed by atoms with van der Waals surface area (Å²) in [7, 11) is 0. The lowest BCUT2D eigenvalue weighted by molar-refractivity contribution is 0.0950. The molecule has 5 heteroatoms. The first kappa shape index (κ1) is 14.9. The minimum Gasteiger partial charge on any atom is -0.508 e. The Kier molecular flexibility index (Phi) is 4.79. The van der Waals surface area contributed by atoms with E-state index in [1.807, 2.05) is 24.3 Å². The molecule has 5 N–H and O–H groups in total. The van der Waals surface area contributed by atoms with Gasteiger partial charge in [0.1, 0.15) is 11.5 Å². The van der Waals surface area contributed by atoms with Crippen LogP contribution in [0.15, 0.2) is 42.5 Å². The van der Waals surface area contributed by atoms with Crippen LogP contribution >= 0.6 is 0 Å². The van der Waals surface area contributed by atoms with Crippen molar-refractivity contribution in [1.82, 2.24) is 5.32 Å². The molecule has 0 bridgehead atoms. The maximum atomic E-state index is 11.9. The summed E-state index contributed by atoms with van der Waals surface area (Å²) in [5.41, 5.74) is 7.83. The van der Waals surface area contributed by atoms with Crippen LogP contribution < -0.4 is 11.1 Å². The fraction of sp³-hybridized carbons (Fsp3) is 0.188. The van der Waals surface area contributed by atoms with Crippen molar-refractivity contribution in [2.45, 2.75) is 13.0 Å². The number of aromatic hydroxyl groups is 2. The molecule has 0 aliphatic heterocycles. The van der Waals surface area contributed by atoms with E-state index in [0.29, 0.717) is 13.1 Å². The van der Waals surface area contributed by atoms with Gasteiger partial charge in [0.25, 0.3) is 5.91 Å². The van der Waals surface area contributed by atoms with Crippen LogP contribution in [-0.4, -0.2) is 22.7 Å². The Morgan fingerprint density at radius 2 is 1.57 bits per heavy atom. The van der Waals surface area contributed by atoms with Gasteiger partial charge in [-0.3, -0.25) is 4.79 Å². The molecule has 0 fully saturated rings. The zero-order valence-corrected chi connectivity index (χ0v) is 11.5. The molecular weight excluding hydrogens is 268 g/mol. The highest BCUT2D eigenvalue weighted by Gasteiger charge is 2.08. The van der Waals surface area contributed by atoms with E-state index in [2.05, 4.69) is 5.32 Å². The van der Waals surface area contributed by atoms with E-state index in [4.69, 9.17) is 5.73 Å². The van der Waals surface area contributed by atoms with E-state index in [-0.39, 0.29) is 23.0 Å². The SMILES string of the molecule is NCCc1ccc(CNC(=O)c2cc(O)cc(O)c2)cc1. The summed E-state index contributed by atoms with van der Waals surface area (Å²) < 4.78 is 0. The molecular formula is C16H18N2O3. The van der Waals surface area contributed by atoms with E-state index in [1.54, 1.807) is 0 Å². The number of hydrogen-bond donors (Lipinski definition) is 4. The standard InChI is InChI=1S/C16H18N2O3/c17-6-5-11-1-3-12(4-2-11)10-18-16(21)13-7-14(19)9-15(20)8-13/h1-4,7-9,19-20H,5-6,10,17H2,(H,18,21). The first-order chi connectivity index (χ1) is 10.1. The van der Waals surface area contributed by atoms with E-state index in [1.165, 1.54) is 18.2 Å². The smallest absolute Gasteiger partial charge is 0.251 e. The number of hydrogen-bond acceptors (Lipinski definition) is 4. The first-order valence-electron chi connectivity index (χ1n) is 6.67. The van der Waals surface area contributed by atoms with Crippen LogP contribution in [0.2, 0.25) is 0 Å². The number of phenols is 2. The third-order valence-corrected chi connectivity index (χ3v) is 3.07.